The van der Waals surface area contributed by atoms with Crippen molar-refractivity contribution in [3.8, 4) is 0 Å². The van der Waals surface area contributed by atoms with Crippen LogP contribution in [0.15, 0.2) is 30.7 Å². The zero-order chi connectivity index (χ0) is 30.9. The Morgan fingerprint density at radius 2 is 1.77 bits per heavy atom. The molecule has 0 radical (unpaired) electrons. The van der Waals surface area contributed by atoms with Gasteiger partial charge in [0.05, 0.1) is 43.2 Å². The monoisotopic (exact) mass is 611 g/mol. The van der Waals surface area contributed by atoms with Crippen LogP contribution in [0.2, 0.25) is 0 Å². The van der Waals surface area contributed by atoms with E-state index in [1.165, 1.54) is 10.7 Å². The highest BCUT2D eigenvalue weighted by Gasteiger charge is 2.40. The SMILES string of the molecule is CC(C)n1nccc1C(=O)N[C@H](c1cn2ncc([C@H](NC(=O)CCOC(F)(F)F)C3CC3)cc2n1)C1CCC(F)(F)CC1. The molecule has 3 heterocycles. The van der Waals surface area contributed by atoms with E-state index < -0.39 is 49.2 Å². The Balaban J connectivity index is 1.38. The highest BCUT2D eigenvalue weighted by Crippen LogP contribution is 2.43. The molecule has 2 amide bonds. The summed E-state index contributed by atoms with van der Waals surface area (Å²) in [4.78, 5) is 30.5. The first-order valence-corrected chi connectivity index (χ1v) is 14.4. The summed E-state index contributed by atoms with van der Waals surface area (Å²) in [5.41, 5.74) is 1.85. The summed E-state index contributed by atoms with van der Waals surface area (Å²) < 4.78 is 71.7. The molecular formula is C28H34F5N7O3. The van der Waals surface area contributed by atoms with E-state index in [9.17, 15) is 31.5 Å². The number of carbonyl (C=O) groups excluding carboxylic acids is 2. The predicted octanol–water partition coefficient (Wildman–Crippen LogP) is 5.30. The second-order valence-electron chi connectivity index (χ2n) is 11.6. The number of nitrogens with zero attached hydrogens (tertiary/aromatic N) is 5. The number of carbonyl (C=O) groups is 2. The molecule has 10 nitrogen and oxygen atoms in total. The standard InChI is InChI=1S/C28H34F5N7O3/c1-16(2)40-21(7-11-34-40)26(42)38-25(18-5-9-27(29,30)10-6-18)20-15-39-22(36-20)13-19(14-35-39)24(17-3-4-17)37-23(41)8-12-43-28(31,32)33/h7,11,13-18,24-25H,3-6,8-10,12H2,1-2H3,(H,37,41)(H,38,42)/t24-,25+/m1/s1. The van der Waals surface area contributed by atoms with Gasteiger partial charge in [-0.05, 0) is 69.1 Å². The van der Waals surface area contributed by atoms with Gasteiger partial charge in [-0.3, -0.25) is 19.0 Å². The van der Waals surface area contributed by atoms with Gasteiger partial charge in [-0.25, -0.2) is 18.3 Å². The van der Waals surface area contributed by atoms with Gasteiger partial charge >= 0.3 is 6.36 Å². The number of halogens is 5. The number of hydrogen-bond acceptors (Lipinski definition) is 6. The molecule has 0 spiro atoms. The van der Waals surface area contributed by atoms with Gasteiger partial charge < -0.3 is 10.6 Å². The lowest BCUT2D eigenvalue weighted by Crippen LogP contribution is -2.38. The van der Waals surface area contributed by atoms with Gasteiger partial charge in [0, 0.05) is 25.1 Å². The van der Waals surface area contributed by atoms with E-state index in [2.05, 4.69) is 25.6 Å². The van der Waals surface area contributed by atoms with Crippen LogP contribution in [0.4, 0.5) is 22.0 Å². The summed E-state index contributed by atoms with van der Waals surface area (Å²) in [5.74, 6) is -3.92. The largest absolute Gasteiger partial charge is 0.522 e. The number of hydrogen-bond donors (Lipinski definition) is 2. The van der Waals surface area contributed by atoms with Crippen LogP contribution in [0.5, 0.6) is 0 Å². The van der Waals surface area contributed by atoms with E-state index >= 15 is 0 Å². The molecule has 0 aliphatic heterocycles. The zero-order valence-corrected chi connectivity index (χ0v) is 23.8. The number of nitrogens with one attached hydrogen (secondary N) is 2. The smallest absolute Gasteiger partial charge is 0.349 e. The predicted molar refractivity (Wildman–Crippen MR) is 143 cm³/mol. The fourth-order valence-electron chi connectivity index (χ4n) is 5.59. The molecule has 2 aliphatic carbocycles. The van der Waals surface area contributed by atoms with E-state index in [1.54, 1.807) is 29.2 Å². The van der Waals surface area contributed by atoms with E-state index in [-0.39, 0.29) is 43.6 Å². The van der Waals surface area contributed by atoms with Gasteiger partial charge in [-0.15, -0.1) is 13.2 Å². The fraction of sp³-hybridized carbons (Fsp3) is 0.607. The van der Waals surface area contributed by atoms with E-state index in [1.807, 2.05) is 13.8 Å². The first-order chi connectivity index (χ1) is 20.3. The Morgan fingerprint density at radius 3 is 2.42 bits per heavy atom. The van der Waals surface area contributed by atoms with Crippen LogP contribution in [-0.2, 0) is 9.53 Å². The lowest BCUT2D eigenvalue weighted by Gasteiger charge is -2.33. The van der Waals surface area contributed by atoms with Crippen LogP contribution in [0.1, 0.15) is 98.7 Å². The van der Waals surface area contributed by atoms with Crippen molar-refractivity contribution in [3.05, 3.63) is 47.7 Å². The van der Waals surface area contributed by atoms with Crippen molar-refractivity contribution in [1.29, 1.82) is 0 Å². The number of ether oxygens (including phenoxy) is 1. The third kappa shape index (κ3) is 7.67. The molecule has 2 atom stereocenters. The third-order valence-electron chi connectivity index (χ3n) is 7.95. The highest BCUT2D eigenvalue weighted by atomic mass is 19.4. The lowest BCUT2D eigenvalue weighted by atomic mass is 9.81. The summed E-state index contributed by atoms with van der Waals surface area (Å²) in [6.45, 7) is 3.00. The van der Waals surface area contributed by atoms with Crippen molar-refractivity contribution in [2.24, 2.45) is 11.8 Å². The molecule has 5 rings (SSSR count). The molecule has 2 fully saturated rings. The van der Waals surface area contributed by atoms with Gasteiger partial charge in [0.2, 0.25) is 11.8 Å². The number of fused-ring (bicyclic) bond motifs is 1. The molecule has 234 valence electrons. The van der Waals surface area contributed by atoms with Crippen LogP contribution in [0.3, 0.4) is 0 Å². The van der Waals surface area contributed by atoms with Crippen molar-refractivity contribution in [3.63, 3.8) is 0 Å². The lowest BCUT2D eigenvalue weighted by molar-refractivity contribution is -0.324. The zero-order valence-electron chi connectivity index (χ0n) is 23.8. The molecule has 3 aromatic rings. The average Bonchev–Trinajstić information content (AvgIpc) is 3.47. The van der Waals surface area contributed by atoms with Crippen LogP contribution in [-0.4, -0.2) is 55.1 Å². The molecule has 0 unspecified atom stereocenters. The summed E-state index contributed by atoms with van der Waals surface area (Å²) in [7, 11) is 0. The summed E-state index contributed by atoms with van der Waals surface area (Å²) >= 11 is 0. The van der Waals surface area contributed by atoms with Gasteiger partial charge in [0.25, 0.3) is 5.91 Å². The number of imidazole rings is 1. The topological polar surface area (TPSA) is 115 Å². The molecule has 15 heteroatoms. The molecule has 2 saturated carbocycles. The molecule has 0 aromatic carbocycles. The normalized spacial score (nSPS) is 19.0. The van der Waals surface area contributed by atoms with E-state index in [0.29, 0.717) is 22.6 Å². The van der Waals surface area contributed by atoms with Crippen molar-refractivity contribution < 1.29 is 36.3 Å². The molecule has 0 bridgehead atoms. The van der Waals surface area contributed by atoms with E-state index in [0.717, 1.165) is 12.8 Å². The molecule has 2 aliphatic rings. The number of rotatable bonds is 11. The van der Waals surface area contributed by atoms with Crippen molar-refractivity contribution in [1.82, 2.24) is 35.0 Å². The minimum absolute atomic E-state index is 0.0718. The Bertz CT molecular complexity index is 1440. The fourth-order valence-corrected chi connectivity index (χ4v) is 5.59. The van der Waals surface area contributed by atoms with Gasteiger partial charge in [0.1, 0.15) is 5.69 Å². The number of alkyl halides is 5. The van der Waals surface area contributed by atoms with Crippen LogP contribution in [0.25, 0.3) is 5.65 Å². The Morgan fingerprint density at radius 1 is 1.07 bits per heavy atom. The van der Waals surface area contributed by atoms with Gasteiger partial charge in [-0.1, -0.05) is 0 Å². The molecule has 0 saturated heterocycles. The molecule has 2 N–H and O–H groups in total. The number of amides is 2. The summed E-state index contributed by atoms with van der Waals surface area (Å²) in [5, 5.41) is 14.5. The first-order valence-electron chi connectivity index (χ1n) is 14.4. The average molecular weight is 612 g/mol. The molecule has 43 heavy (non-hydrogen) atoms. The van der Waals surface area contributed by atoms with Crippen molar-refractivity contribution >= 4 is 17.5 Å². The van der Waals surface area contributed by atoms with Crippen LogP contribution < -0.4 is 10.6 Å². The Hall–Kier alpha value is -3.62. The molecule has 3 aromatic heterocycles. The Kier molecular flexibility index (Phi) is 8.72. The maximum Gasteiger partial charge on any atom is 0.522 e. The second-order valence-corrected chi connectivity index (χ2v) is 11.6. The Labute approximate surface area is 244 Å². The van der Waals surface area contributed by atoms with E-state index in [4.69, 9.17) is 4.98 Å². The molecular weight excluding hydrogens is 577 g/mol. The highest BCUT2D eigenvalue weighted by molar-refractivity contribution is 5.92. The van der Waals surface area contributed by atoms with Crippen molar-refractivity contribution in [2.75, 3.05) is 6.61 Å². The minimum atomic E-state index is -4.81. The van der Waals surface area contributed by atoms with Gasteiger partial charge in [-0.2, -0.15) is 10.2 Å². The maximum atomic E-state index is 14.0. The summed E-state index contributed by atoms with van der Waals surface area (Å²) in [6.07, 6.45) is 0.951. The first kappa shape index (κ1) is 30.8. The quantitative estimate of drug-likeness (QED) is 0.285. The minimum Gasteiger partial charge on any atom is -0.349 e. The third-order valence-corrected chi connectivity index (χ3v) is 7.95. The number of aromatic nitrogens is 5. The second kappa shape index (κ2) is 12.2. The summed E-state index contributed by atoms with van der Waals surface area (Å²) in [6, 6.07) is 2.12. The van der Waals surface area contributed by atoms with Crippen LogP contribution in [0, 0.1) is 11.8 Å². The maximum absolute atomic E-state index is 14.0. The van der Waals surface area contributed by atoms with Crippen molar-refractivity contribution in [2.45, 2.75) is 89.2 Å². The van der Waals surface area contributed by atoms with Gasteiger partial charge in [0.15, 0.2) is 5.65 Å². The van der Waals surface area contributed by atoms with Crippen LogP contribution >= 0.6 is 0 Å².